The SMILES string of the molecule is O=S(=O)(Nc1ccc(Br)cc1Br)c1cc(Cl)ccc1Cl. The Morgan fingerprint density at radius 2 is 1.70 bits per heavy atom. The number of benzene rings is 2. The summed E-state index contributed by atoms with van der Waals surface area (Å²) in [4.78, 5) is -0.0681. The third kappa shape index (κ3) is 3.68. The predicted molar refractivity (Wildman–Crippen MR) is 89.1 cm³/mol. The molecule has 20 heavy (non-hydrogen) atoms. The third-order valence-electron chi connectivity index (χ3n) is 2.36. The van der Waals surface area contributed by atoms with Crippen molar-refractivity contribution in [2.75, 3.05) is 4.72 Å². The lowest BCUT2D eigenvalue weighted by Gasteiger charge is -2.11. The van der Waals surface area contributed by atoms with E-state index in [1.165, 1.54) is 18.2 Å². The van der Waals surface area contributed by atoms with Crippen LogP contribution < -0.4 is 4.72 Å². The van der Waals surface area contributed by atoms with Crippen LogP contribution in [0.3, 0.4) is 0 Å². The fourth-order valence-electron chi connectivity index (χ4n) is 1.46. The molecule has 0 bridgehead atoms. The van der Waals surface area contributed by atoms with E-state index in [4.69, 9.17) is 23.2 Å². The molecule has 0 atom stereocenters. The first-order chi connectivity index (χ1) is 9.29. The second kappa shape index (κ2) is 6.23. The topological polar surface area (TPSA) is 46.2 Å². The van der Waals surface area contributed by atoms with Crippen LogP contribution in [0.2, 0.25) is 10.0 Å². The van der Waals surface area contributed by atoms with Gasteiger partial charge in [0.25, 0.3) is 10.0 Å². The van der Waals surface area contributed by atoms with Gasteiger partial charge in [-0.05, 0) is 52.3 Å². The Bertz CT molecular complexity index is 766. The van der Waals surface area contributed by atoms with E-state index < -0.39 is 10.0 Å². The van der Waals surface area contributed by atoms with Crippen LogP contribution in [0, 0.1) is 0 Å². The maximum atomic E-state index is 12.3. The molecule has 2 aromatic carbocycles. The van der Waals surface area contributed by atoms with Gasteiger partial charge >= 0.3 is 0 Å². The van der Waals surface area contributed by atoms with E-state index in [1.54, 1.807) is 18.2 Å². The molecule has 0 unspecified atom stereocenters. The second-order valence-electron chi connectivity index (χ2n) is 3.80. The molecule has 0 saturated heterocycles. The van der Waals surface area contributed by atoms with E-state index in [9.17, 15) is 8.42 Å². The molecule has 8 heteroatoms. The predicted octanol–water partition coefficient (Wildman–Crippen LogP) is 5.32. The Labute approximate surface area is 143 Å². The Hall–Kier alpha value is -0.270. The van der Waals surface area contributed by atoms with Crippen molar-refractivity contribution in [2.24, 2.45) is 0 Å². The van der Waals surface area contributed by atoms with Gasteiger partial charge in [0.2, 0.25) is 0 Å². The fourth-order valence-corrected chi connectivity index (χ4v) is 4.58. The van der Waals surface area contributed by atoms with Gasteiger partial charge < -0.3 is 0 Å². The maximum absolute atomic E-state index is 12.3. The molecule has 0 heterocycles. The normalized spacial score (nSPS) is 11.4. The van der Waals surface area contributed by atoms with E-state index in [1.807, 2.05) is 0 Å². The van der Waals surface area contributed by atoms with Gasteiger partial charge in [0.15, 0.2) is 0 Å². The first-order valence-corrected chi connectivity index (χ1v) is 9.05. The van der Waals surface area contributed by atoms with Crippen molar-refractivity contribution in [3.05, 3.63) is 55.4 Å². The number of nitrogens with one attached hydrogen (secondary N) is 1. The van der Waals surface area contributed by atoms with Crippen LogP contribution >= 0.6 is 55.1 Å². The van der Waals surface area contributed by atoms with Gasteiger partial charge in [0.1, 0.15) is 4.90 Å². The largest absolute Gasteiger partial charge is 0.278 e. The van der Waals surface area contributed by atoms with E-state index in [-0.39, 0.29) is 9.92 Å². The summed E-state index contributed by atoms with van der Waals surface area (Å²) in [6.07, 6.45) is 0. The quantitative estimate of drug-likeness (QED) is 0.675. The Balaban J connectivity index is 2.43. The second-order valence-corrected chi connectivity index (χ2v) is 8.07. The summed E-state index contributed by atoms with van der Waals surface area (Å²) in [5, 5.41) is 0.403. The molecule has 0 aromatic heterocycles. The molecule has 0 radical (unpaired) electrons. The lowest BCUT2D eigenvalue weighted by Crippen LogP contribution is -2.13. The summed E-state index contributed by atoms with van der Waals surface area (Å²) >= 11 is 18.3. The Morgan fingerprint density at radius 3 is 2.35 bits per heavy atom. The van der Waals surface area contributed by atoms with Crippen LogP contribution in [0.15, 0.2) is 50.2 Å². The minimum absolute atomic E-state index is 0.0681. The zero-order valence-corrected chi connectivity index (χ0v) is 15.2. The molecule has 2 rings (SSSR count). The summed E-state index contributed by atoms with van der Waals surface area (Å²) in [7, 11) is -3.81. The molecule has 0 aliphatic heterocycles. The van der Waals surface area contributed by atoms with Crippen molar-refractivity contribution in [1.82, 2.24) is 0 Å². The molecule has 0 saturated carbocycles. The molecule has 0 amide bonds. The summed E-state index contributed by atoms with van der Waals surface area (Å²) in [5.41, 5.74) is 0.407. The van der Waals surface area contributed by atoms with Crippen LogP contribution in [-0.2, 0) is 10.0 Å². The van der Waals surface area contributed by atoms with Crippen molar-refractivity contribution >= 4 is 70.8 Å². The van der Waals surface area contributed by atoms with Crippen molar-refractivity contribution in [3.8, 4) is 0 Å². The van der Waals surface area contributed by atoms with E-state index >= 15 is 0 Å². The standard InChI is InChI=1S/C12H7Br2Cl2NO2S/c13-7-1-4-11(9(14)5-7)17-20(18,19)12-6-8(15)2-3-10(12)16/h1-6,17H. The molecule has 0 spiro atoms. The minimum atomic E-state index is -3.81. The van der Waals surface area contributed by atoms with Gasteiger partial charge in [0, 0.05) is 14.0 Å². The number of hydrogen-bond acceptors (Lipinski definition) is 2. The molecule has 2 aromatic rings. The third-order valence-corrected chi connectivity index (χ3v) is 5.59. The van der Waals surface area contributed by atoms with Crippen LogP contribution in [0.25, 0.3) is 0 Å². The van der Waals surface area contributed by atoms with Gasteiger partial charge in [0.05, 0.1) is 10.7 Å². The average molecular weight is 460 g/mol. The van der Waals surface area contributed by atoms with E-state index in [0.29, 0.717) is 15.2 Å². The number of anilines is 1. The highest BCUT2D eigenvalue weighted by Gasteiger charge is 2.19. The number of sulfonamides is 1. The summed E-state index contributed by atoms with van der Waals surface area (Å²) < 4.78 is 28.5. The summed E-state index contributed by atoms with van der Waals surface area (Å²) in [5.74, 6) is 0. The molecular formula is C12H7Br2Cl2NO2S. The highest BCUT2D eigenvalue weighted by Crippen LogP contribution is 2.31. The van der Waals surface area contributed by atoms with Crippen LogP contribution in [0.5, 0.6) is 0 Å². The van der Waals surface area contributed by atoms with Crippen molar-refractivity contribution in [1.29, 1.82) is 0 Å². The van der Waals surface area contributed by atoms with Crippen molar-refractivity contribution in [3.63, 3.8) is 0 Å². The van der Waals surface area contributed by atoms with Crippen molar-refractivity contribution < 1.29 is 8.42 Å². The van der Waals surface area contributed by atoms with Gasteiger partial charge in [-0.2, -0.15) is 0 Å². The minimum Gasteiger partial charge on any atom is -0.278 e. The van der Waals surface area contributed by atoms with Gasteiger partial charge in [-0.1, -0.05) is 39.1 Å². The molecule has 0 fully saturated rings. The molecule has 0 aliphatic carbocycles. The Kier molecular flexibility index (Phi) is 5.02. The van der Waals surface area contributed by atoms with Crippen LogP contribution in [0.1, 0.15) is 0 Å². The molecule has 1 N–H and O–H groups in total. The van der Waals surface area contributed by atoms with Gasteiger partial charge in [-0.25, -0.2) is 8.42 Å². The zero-order valence-electron chi connectivity index (χ0n) is 9.70. The molecule has 3 nitrogen and oxygen atoms in total. The zero-order chi connectivity index (χ0) is 14.9. The van der Waals surface area contributed by atoms with Crippen LogP contribution in [0.4, 0.5) is 5.69 Å². The van der Waals surface area contributed by atoms with Crippen LogP contribution in [-0.4, -0.2) is 8.42 Å². The summed E-state index contributed by atoms with van der Waals surface area (Å²) in [6.45, 7) is 0. The van der Waals surface area contributed by atoms with E-state index in [2.05, 4.69) is 36.6 Å². The van der Waals surface area contributed by atoms with Gasteiger partial charge in [-0.15, -0.1) is 0 Å². The molecule has 106 valence electrons. The smallest absolute Gasteiger partial charge is 0.263 e. The number of rotatable bonds is 3. The Morgan fingerprint density at radius 1 is 1.00 bits per heavy atom. The number of halogens is 4. The fraction of sp³-hybridized carbons (Fsp3) is 0. The highest BCUT2D eigenvalue weighted by molar-refractivity contribution is 9.11. The van der Waals surface area contributed by atoms with E-state index in [0.717, 1.165) is 4.47 Å². The lowest BCUT2D eigenvalue weighted by atomic mass is 10.3. The molecule has 0 aliphatic rings. The first kappa shape index (κ1) is 16.1. The van der Waals surface area contributed by atoms with Crippen molar-refractivity contribution in [2.45, 2.75) is 4.90 Å². The average Bonchev–Trinajstić information content (AvgIpc) is 2.35. The first-order valence-electron chi connectivity index (χ1n) is 5.22. The lowest BCUT2D eigenvalue weighted by molar-refractivity contribution is 0.601. The highest BCUT2D eigenvalue weighted by atomic mass is 79.9. The molecular weight excluding hydrogens is 453 g/mol. The maximum Gasteiger partial charge on any atom is 0.263 e. The summed E-state index contributed by atoms with van der Waals surface area (Å²) in [6, 6.07) is 9.36. The van der Waals surface area contributed by atoms with Gasteiger partial charge in [-0.3, -0.25) is 4.72 Å². The number of hydrogen-bond donors (Lipinski definition) is 1. The monoisotopic (exact) mass is 457 g/mol.